The highest BCUT2D eigenvalue weighted by atomic mass is 32.2. The number of fused-ring (bicyclic) bond motifs is 1. The van der Waals surface area contributed by atoms with Crippen molar-refractivity contribution in [2.24, 2.45) is 10.1 Å². The molecular weight excluding hydrogens is 430 g/mol. The van der Waals surface area contributed by atoms with Gasteiger partial charge in [-0.05, 0) is 86.2 Å². The Balaban J connectivity index is 1.65. The summed E-state index contributed by atoms with van der Waals surface area (Å²) < 4.78 is 2.19. The molecule has 0 saturated heterocycles. The van der Waals surface area contributed by atoms with E-state index in [1.807, 2.05) is 6.92 Å². The highest BCUT2D eigenvalue weighted by Crippen LogP contribution is 2.31. The number of thioether (sulfide) groups is 1. The first-order chi connectivity index (χ1) is 15.8. The molecule has 2 aliphatic rings. The van der Waals surface area contributed by atoms with E-state index in [2.05, 4.69) is 72.7 Å². The molecule has 0 radical (unpaired) electrons. The lowest BCUT2D eigenvalue weighted by molar-refractivity contribution is -0.114. The second kappa shape index (κ2) is 9.51. The molecule has 0 spiro atoms. The monoisotopic (exact) mass is 461 g/mol. The molecule has 33 heavy (non-hydrogen) atoms. The number of aryl methyl sites for hydroxylation is 1. The van der Waals surface area contributed by atoms with Crippen molar-refractivity contribution in [1.82, 2.24) is 9.58 Å². The molecule has 0 fully saturated rings. The van der Waals surface area contributed by atoms with Crippen molar-refractivity contribution in [3.63, 3.8) is 0 Å². The molecule has 4 rings (SSSR count). The van der Waals surface area contributed by atoms with Gasteiger partial charge in [0.2, 0.25) is 5.17 Å². The summed E-state index contributed by atoms with van der Waals surface area (Å²) in [5.74, 6) is 0.244. The molecule has 0 aliphatic carbocycles. The van der Waals surface area contributed by atoms with E-state index in [1.165, 1.54) is 22.3 Å². The molecule has 6 nitrogen and oxygen atoms in total. The predicted octanol–water partition coefficient (Wildman–Crippen LogP) is 6.42. The Kier molecular flexibility index (Phi) is 6.70. The zero-order valence-electron chi connectivity index (χ0n) is 20.0. The van der Waals surface area contributed by atoms with Crippen LogP contribution >= 0.6 is 11.8 Å². The third kappa shape index (κ3) is 4.47. The van der Waals surface area contributed by atoms with Crippen LogP contribution in [-0.4, -0.2) is 31.5 Å². The first kappa shape index (κ1) is 23.2. The fraction of sp³-hybridized carbons (Fsp3) is 0.385. The number of amidine groups is 2. The van der Waals surface area contributed by atoms with Gasteiger partial charge in [-0.1, -0.05) is 39.3 Å². The lowest BCUT2D eigenvalue weighted by Crippen LogP contribution is -2.35. The first-order valence-electron chi connectivity index (χ1n) is 11.6. The molecule has 3 heterocycles. The van der Waals surface area contributed by atoms with Gasteiger partial charge in [-0.25, -0.2) is 0 Å². The van der Waals surface area contributed by atoms with Gasteiger partial charge in [0, 0.05) is 17.1 Å². The Labute approximate surface area is 200 Å². The fourth-order valence-electron chi connectivity index (χ4n) is 4.13. The van der Waals surface area contributed by atoms with E-state index < -0.39 is 0 Å². The molecule has 1 unspecified atom stereocenters. The minimum atomic E-state index is -0.381. The van der Waals surface area contributed by atoms with Crippen molar-refractivity contribution >= 4 is 39.8 Å². The Morgan fingerprint density at radius 2 is 1.91 bits per heavy atom. The van der Waals surface area contributed by atoms with Gasteiger partial charge in [-0.15, -0.1) is 0 Å². The molecule has 1 N–H and O–H groups in total. The van der Waals surface area contributed by atoms with Crippen LogP contribution < -0.4 is 0 Å². The average molecular weight is 462 g/mol. The number of hydrogen-bond donors (Lipinski definition) is 1. The van der Waals surface area contributed by atoms with Crippen LogP contribution in [0.5, 0.6) is 0 Å². The molecule has 1 atom stereocenters. The van der Waals surface area contributed by atoms with E-state index in [0.29, 0.717) is 11.1 Å². The van der Waals surface area contributed by atoms with Crippen molar-refractivity contribution in [3.05, 3.63) is 58.4 Å². The molecule has 172 valence electrons. The highest BCUT2D eigenvalue weighted by molar-refractivity contribution is 8.26. The normalized spacial score (nSPS) is 18.0. The molecule has 7 heteroatoms. The van der Waals surface area contributed by atoms with Gasteiger partial charge in [-0.3, -0.25) is 10.2 Å². The summed E-state index contributed by atoms with van der Waals surface area (Å²) in [5.41, 5.74) is 5.71. The Hall–Kier alpha value is -2.93. The van der Waals surface area contributed by atoms with Gasteiger partial charge in [0.15, 0.2) is 5.84 Å². The number of hydrogen-bond acceptors (Lipinski definition) is 4. The lowest BCUT2D eigenvalue weighted by atomic mass is 9.98. The number of unbranched alkanes of at least 4 members (excludes halogenated alkanes) is 1. The Morgan fingerprint density at radius 1 is 1.18 bits per heavy atom. The molecule has 1 aromatic heterocycles. The quantitative estimate of drug-likeness (QED) is 0.484. The molecule has 0 bridgehead atoms. The van der Waals surface area contributed by atoms with Crippen molar-refractivity contribution in [2.45, 2.75) is 66.2 Å². The maximum atomic E-state index is 12.8. The minimum absolute atomic E-state index is 0.0895. The van der Waals surface area contributed by atoms with Gasteiger partial charge in [0.1, 0.15) is 5.04 Å². The number of nitrogens with zero attached hydrogens (tertiary/aromatic N) is 4. The number of carbonyl (C=O) groups is 1. The molecule has 0 saturated carbocycles. The number of aromatic nitrogens is 1. The van der Waals surface area contributed by atoms with Gasteiger partial charge in [-0.2, -0.15) is 15.1 Å². The molecular formula is C26H31N5OS. The Bertz CT molecular complexity index is 1190. The zero-order chi connectivity index (χ0) is 23.7. The summed E-state index contributed by atoms with van der Waals surface area (Å²) in [7, 11) is 0. The highest BCUT2D eigenvalue weighted by Gasteiger charge is 2.35. The van der Waals surface area contributed by atoms with Crippen LogP contribution in [0.4, 0.5) is 0 Å². The number of hydrazone groups is 1. The summed E-state index contributed by atoms with van der Waals surface area (Å²) >= 11 is 1.39. The summed E-state index contributed by atoms with van der Waals surface area (Å²) in [6, 6.07) is 10.7. The van der Waals surface area contributed by atoms with Gasteiger partial charge in [0.05, 0.1) is 5.57 Å². The standard InChI is InChI=1S/C26H31N5OS/c1-6-8-9-23-29-31-24(27)22(25(32)28-26(31)33-23)15-20-14-17(4)30(18(20)5)21-12-10-19(11-13-21)16(3)7-2/h10-16,27H,6-9H2,1-5H3/b22-15-,27-24?. The smallest absolute Gasteiger partial charge is 0.283 e. The number of benzene rings is 1. The molecule has 1 amide bonds. The SMILES string of the molecule is CCCCC1=NN2C(=N)/C(=C/c3cc(C)n(-c4ccc(C(C)CC)cc4)c3C)C(=O)N=C2S1. The second-order valence-corrected chi connectivity index (χ2v) is 9.72. The van der Waals surface area contributed by atoms with E-state index in [0.717, 1.165) is 53.4 Å². The van der Waals surface area contributed by atoms with Gasteiger partial charge < -0.3 is 4.57 Å². The largest absolute Gasteiger partial charge is 0.318 e. The number of carbonyl (C=O) groups excluding carboxylic acids is 1. The van der Waals surface area contributed by atoms with Crippen LogP contribution in [0.2, 0.25) is 0 Å². The minimum Gasteiger partial charge on any atom is -0.318 e. The van der Waals surface area contributed by atoms with Crippen LogP contribution in [0.3, 0.4) is 0 Å². The van der Waals surface area contributed by atoms with Crippen molar-refractivity contribution < 1.29 is 4.79 Å². The van der Waals surface area contributed by atoms with E-state index in [9.17, 15) is 4.79 Å². The zero-order valence-corrected chi connectivity index (χ0v) is 20.8. The first-order valence-corrected chi connectivity index (χ1v) is 12.4. The number of amides is 1. The van der Waals surface area contributed by atoms with Crippen molar-refractivity contribution in [3.8, 4) is 5.69 Å². The van der Waals surface area contributed by atoms with E-state index in [-0.39, 0.29) is 17.3 Å². The molecule has 2 aromatic rings. The third-order valence-corrected chi connectivity index (χ3v) is 7.31. The topological polar surface area (TPSA) is 73.8 Å². The van der Waals surface area contributed by atoms with E-state index in [1.54, 1.807) is 6.08 Å². The maximum absolute atomic E-state index is 12.8. The van der Waals surface area contributed by atoms with E-state index >= 15 is 0 Å². The average Bonchev–Trinajstić information content (AvgIpc) is 3.34. The lowest BCUT2D eigenvalue weighted by Gasteiger charge is -2.20. The third-order valence-electron chi connectivity index (χ3n) is 6.34. The molecule has 2 aliphatic heterocycles. The number of nitrogens with one attached hydrogen (secondary N) is 1. The van der Waals surface area contributed by atoms with Crippen LogP contribution in [-0.2, 0) is 4.79 Å². The van der Waals surface area contributed by atoms with Crippen molar-refractivity contribution in [1.29, 1.82) is 5.41 Å². The summed E-state index contributed by atoms with van der Waals surface area (Å²) in [4.78, 5) is 17.0. The summed E-state index contributed by atoms with van der Waals surface area (Å²) in [6.45, 7) is 10.7. The van der Waals surface area contributed by atoms with Gasteiger partial charge in [0.25, 0.3) is 5.91 Å². The summed E-state index contributed by atoms with van der Waals surface area (Å²) in [5, 5.41) is 16.1. The van der Waals surface area contributed by atoms with Crippen LogP contribution in [0, 0.1) is 19.3 Å². The predicted molar refractivity (Wildman–Crippen MR) is 138 cm³/mol. The van der Waals surface area contributed by atoms with Crippen LogP contribution in [0.15, 0.2) is 46.0 Å². The Morgan fingerprint density at radius 3 is 2.58 bits per heavy atom. The van der Waals surface area contributed by atoms with E-state index in [4.69, 9.17) is 5.41 Å². The van der Waals surface area contributed by atoms with Crippen LogP contribution in [0.1, 0.15) is 74.9 Å². The fourth-order valence-corrected chi connectivity index (χ4v) is 5.06. The summed E-state index contributed by atoms with van der Waals surface area (Å²) in [6.07, 6.45) is 5.84. The molecule has 1 aromatic carbocycles. The number of aliphatic imine (C=N–C) groups is 1. The number of rotatable bonds is 7. The van der Waals surface area contributed by atoms with Gasteiger partial charge >= 0.3 is 0 Å². The second-order valence-electron chi connectivity index (χ2n) is 8.68. The van der Waals surface area contributed by atoms with Crippen LogP contribution in [0.25, 0.3) is 11.8 Å². The maximum Gasteiger partial charge on any atom is 0.283 e. The van der Waals surface area contributed by atoms with Crippen molar-refractivity contribution in [2.75, 3.05) is 0 Å².